The molecular weight excluding hydrogens is 293 g/mol. The summed E-state index contributed by atoms with van der Waals surface area (Å²) >= 11 is 0. The number of carboxylic acids is 1. The van der Waals surface area contributed by atoms with Gasteiger partial charge in [0, 0.05) is 11.4 Å². The number of nitrogens with zero attached hydrogens (tertiary/aromatic N) is 1. The predicted molar refractivity (Wildman–Crippen MR) is 87.6 cm³/mol. The van der Waals surface area contributed by atoms with Crippen molar-refractivity contribution >= 4 is 5.97 Å². The van der Waals surface area contributed by atoms with Crippen LogP contribution in [-0.2, 0) is 0 Å². The summed E-state index contributed by atoms with van der Waals surface area (Å²) in [6.45, 7) is 3.72. The number of hydrogen-bond donors (Lipinski definition) is 1. The van der Waals surface area contributed by atoms with E-state index < -0.39 is 5.97 Å². The SMILES string of the molecule is Cc1ccc(-c2cc(C(=O)O)c(C)n2-c2cccc(F)c2)cc1. The standard InChI is InChI=1S/C19H16FNO2/c1-12-6-8-14(9-7-12)18-11-17(19(22)23)13(2)21(18)16-5-3-4-15(20)10-16/h3-11H,1-2H3,(H,22,23). The summed E-state index contributed by atoms with van der Waals surface area (Å²) in [7, 11) is 0. The maximum atomic E-state index is 13.6. The molecule has 1 heterocycles. The summed E-state index contributed by atoms with van der Waals surface area (Å²) in [6, 6.07) is 15.6. The summed E-state index contributed by atoms with van der Waals surface area (Å²) < 4.78 is 15.4. The van der Waals surface area contributed by atoms with E-state index in [-0.39, 0.29) is 11.4 Å². The van der Waals surface area contributed by atoms with Gasteiger partial charge in [0.25, 0.3) is 0 Å². The molecule has 0 saturated heterocycles. The first kappa shape index (κ1) is 15.0. The van der Waals surface area contributed by atoms with Gasteiger partial charge in [-0.05, 0) is 43.7 Å². The molecule has 2 aromatic carbocycles. The minimum Gasteiger partial charge on any atom is -0.478 e. The first-order chi connectivity index (χ1) is 11.0. The molecule has 0 unspecified atom stereocenters. The van der Waals surface area contributed by atoms with Crippen molar-refractivity contribution in [1.29, 1.82) is 0 Å². The number of aromatic carboxylic acids is 1. The molecule has 1 N–H and O–H groups in total. The molecule has 0 amide bonds. The van der Waals surface area contributed by atoms with Crippen LogP contribution in [-0.4, -0.2) is 15.6 Å². The van der Waals surface area contributed by atoms with Crippen molar-refractivity contribution in [1.82, 2.24) is 4.57 Å². The van der Waals surface area contributed by atoms with Gasteiger partial charge in [0.15, 0.2) is 0 Å². The van der Waals surface area contributed by atoms with Crippen LogP contribution in [0.4, 0.5) is 4.39 Å². The number of aromatic nitrogens is 1. The van der Waals surface area contributed by atoms with Gasteiger partial charge in [-0.2, -0.15) is 0 Å². The lowest BCUT2D eigenvalue weighted by Crippen LogP contribution is -2.02. The number of carboxylic acid groups (broad SMARTS) is 1. The highest BCUT2D eigenvalue weighted by Crippen LogP contribution is 2.30. The molecule has 3 rings (SSSR count). The maximum absolute atomic E-state index is 13.6. The minimum absolute atomic E-state index is 0.213. The third-order valence-electron chi connectivity index (χ3n) is 3.89. The van der Waals surface area contributed by atoms with E-state index in [1.54, 1.807) is 29.7 Å². The van der Waals surface area contributed by atoms with E-state index in [1.807, 2.05) is 31.2 Å². The van der Waals surface area contributed by atoms with Crippen LogP contribution in [0.1, 0.15) is 21.6 Å². The maximum Gasteiger partial charge on any atom is 0.337 e. The van der Waals surface area contributed by atoms with Crippen molar-refractivity contribution in [2.24, 2.45) is 0 Å². The zero-order valence-electron chi connectivity index (χ0n) is 12.9. The lowest BCUT2D eigenvalue weighted by molar-refractivity contribution is 0.0696. The molecule has 0 aliphatic rings. The number of rotatable bonds is 3. The molecule has 0 aliphatic carbocycles. The molecule has 1 aromatic heterocycles. The number of benzene rings is 2. The molecule has 0 bridgehead atoms. The molecule has 0 atom stereocenters. The second-order valence-electron chi connectivity index (χ2n) is 5.52. The summed E-state index contributed by atoms with van der Waals surface area (Å²) in [6.07, 6.45) is 0. The average Bonchev–Trinajstić information content (AvgIpc) is 2.85. The van der Waals surface area contributed by atoms with E-state index in [2.05, 4.69) is 0 Å². The summed E-state index contributed by atoms with van der Waals surface area (Å²) in [4.78, 5) is 11.5. The van der Waals surface area contributed by atoms with Gasteiger partial charge in [-0.15, -0.1) is 0 Å². The highest BCUT2D eigenvalue weighted by atomic mass is 19.1. The Balaban J connectivity index is 2.28. The minimum atomic E-state index is -0.994. The van der Waals surface area contributed by atoms with Crippen molar-refractivity contribution in [2.75, 3.05) is 0 Å². The lowest BCUT2D eigenvalue weighted by Gasteiger charge is -2.12. The fourth-order valence-corrected chi connectivity index (χ4v) is 2.71. The second-order valence-corrected chi connectivity index (χ2v) is 5.52. The Hall–Kier alpha value is -2.88. The Morgan fingerprint density at radius 1 is 1.04 bits per heavy atom. The Bertz CT molecular complexity index is 879. The van der Waals surface area contributed by atoms with Crippen LogP contribution in [0, 0.1) is 19.7 Å². The van der Waals surface area contributed by atoms with E-state index in [4.69, 9.17) is 0 Å². The fourth-order valence-electron chi connectivity index (χ4n) is 2.71. The molecule has 0 saturated carbocycles. The summed E-state index contributed by atoms with van der Waals surface area (Å²) in [5, 5.41) is 9.41. The Kier molecular flexibility index (Phi) is 3.74. The number of halogens is 1. The highest BCUT2D eigenvalue weighted by molar-refractivity contribution is 5.91. The molecular formula is C19H16FNO2. The average molecular weight is 309 g/mol. The van der Waals surface area contributed by atoms with Gasteiger partial charge < -0.3 is 9.67 Å². The second kappa shape index (κ2) is 5.72. The molecule has 4 heteroatoms. The third kappa shape index (κ3) is 2.75. The van der Waals surface area contributed by atoms with E-state index in [0.29, 0.717) is 11.4 Å². The summed E-state index contributed by atoms with van der Waals surface area (Å²) in [5.41, 5.74) is 4.11. The lowest BCUT2D eigenvalue weighted by atomic mass is 10.1. The van der Waals surface area contributed by atoms with Gasteiger partial charge in [0.05, 0.1) is 11.3 Å². The Labute approximate surface area is 133 Å². The fraction of sp³-hybridized carbons (Fsp3) is 0.105. The molecule has 0 fully saturated rings. The zero-order valence-corrected chi connectivity index (χ0v) is 12.9. The van der Waals surface area contributed by atoms with E-state index in [0.717, 1.165) is 16.8 Å². The van der Waals surface area contributed by atoms with Gasteiger partial charge in [-0.1, -0.05) is 35.9 Å². The Morgan fingerprint density at radius 2 is 1.74 bits per heavy atom. The normalized spacial score (nSPS) is 10.7. The monoisotopic (exact) mass is 309 g/mol. The van der Waals surface area contributed by atoms with Crippen LogP contribution < -0.4 is 0 Å². The molecule has 3 nitrogen and oxygen atoms in total. The van der Waals surface area contributed by atoms with E-state index >= 15 is 0 Å². The first-order valence-corrected chi connectivity index (χ1v) is 7.26. The Morgan fingerprint density at radius 3 is 2.35 bits per heavy atom. The highest BCUT2D eigenvalue weighted by Gasteiger charge is 2.19. The van der Waals surface area contributed by atoms with Crippen molar-refractivity contribution in [3.8, 4) is 16.9 Å². The molecule has 0 radical (unpaired) electrons. The van der Waals surface area contributed by atoms with Crippen LogP contribution in [0.15, 0.2) is 54.6 Å². The van der Waals surface area contributed by atoms with Crippen molar-refractivity contribution < 1.29 is 14.3 Å². The van der Waals surface area contributed by atoms with Crippen LogP contribution >= 0.6 is 0 Å². The first-order valence-electron chi connectivity index (χ1n) is 7.26. The van der Waals surface area contributed by atoms with Gasteiger partial charge in [0.1, 0.15) is 5.82 Å². The topological polar surface area (TPSA) is 42.2 Å². The molecule has 23 heavy (non-hydrogen) atoms. The molecule has 3 aromatic rings. The largest absolute Gasteiger partial charge is 0.478 e. The van der Waals surface area contributed by atoms with Gasteiger partial charge >= 0.3 is 5.97 Å². The molecule has 0 spiro atoms. The zero-order chi connectivity index (χ0) is 16.6. The quantitative estimate of drug-likeness (QED) is 0.768. The van der Waals surface area contributed by atoms with Crippen molar-refractivity contribution in [2.45, 2.75) is 13.8 Å². The number of aryl methyl sites for hydroxylation is 1. The van der Waals surface area contributed by atoms with Gasteiger partial charge in [-0.3, -0.25) is 0 Å². The smallest absolute Gasteiger partial charge is 0.337 e. The van der Waals surface area contributed by atoms with Crippen LogP contribution in [0.25, 0.3) is 16.9 Å². The molecule has 116 valence electrons. The number of carbonyl (C=O) groups is 1. The van der Waals surface area contributed by atoms with E-state index in [1.165, 1.54) is 12.1 Å². The van der Waals surface area contributed by atoms with Crippen LogP contribution in [0.5, 0.6) is 0 Å². The van der Waals surface area contributed by atoms with Crippen LogP contribution in [0.2, 0.25) is 0 Å². The summed E-state index contributed by atoms with van der Waals surface area (Å²) in [5.74, 6) is -1.35. The van der Waals surface area contributed by atoms with Crippen molar-refractivity contribution in [3.63, 3.8) is 0 Å². The van der Waals surface area contributed by atoms with Crippen LogP contribution in [0.3, 0.4) is 0 Å². The van der Waals surface area contributed by atoms with Gasteiger partial charge in [-0.25, -0.2) is 9.18 Å². The predicted octanol–water partition coefficient (Wildman–Crippen LogP) is 4.60. The van der Waals surface area contributed by atoms with E-state index in [9.17, 15) is 14.3 Å². The third-order valence-corrected chi connectivity index (χ3v) is 3.89. The number of hydrogen-bond acceptors (Lipinski definition) is 1. The van der Waals surface area contributed by atoms with Gasteiger partial charge in [0.2, 0.25) is 0 Å². The molecule has 0 aliphatic heterocycles. The van der Waals surface area contributed by atoms with Crippen molar-refractivity contribution in [3.05, 3.63) is 77.2 Å².